The first-order chi connectivity index (χ1) is 31.2. The van der Waals surface area contributed by atoms with Crippen LogP contribution in [0.25, 0.3) is 21.8 Å². The lowest BCUT2D eigenvalue weighted by molar-refractivity contribution is -0.284. The van der Waals surface area contributed by atoms with Crippen LogP contribution in [-0.4, -0.2) is 70.6 Å². The highest BCUT2D eigenvalue weighted by Crippen LogP contribution is 2.55. The fourth-order valence-corrected chi connectivity index (χ4v) is 13.6. The Morgan fingerprint density at radius 2 is 1.12 bits per heavy atom. The molecule has 67 heavy (non-hydrogen) atoms. The van der Waals surface area contributed by atoms with Crippen LogP contribution in [0.1, 0.15) is 64.1 Å². The van der Waals surface area contributed by atoms with Crippen molar-refractivity contribution in [3.8, 4) is 0 Å². The molecular formula is C46H45Cl4F5N2O7S2Si. The van der Waals surface area contributed by atoms with Crippen LogP contribution in [0.2, 0.25) is 39.7 Å². The third-order valence-electron chi connectivity index (χ3n) is 11.6. The molecule has 9 rings (SSSR count). The van der Waals surface area contributed by atoms with Gasteiger partial charge in [-0.2, -0.15) is 13.2 Å². The van der Waals surface area contributed by atoms with Gasteiger partial charge in [-0.05, 0) is 132 Å². The highest BCUT2D eigenvalue weighted by atomic mass is 35.5. The fraction of sp³-hybridized carbons (Fsp3) is 0.370. The molecule has 6 aromatic rings. The van der Waals surface area contributed by atoms with Gasteiger partial charge in [0.2, 0.25) is 11.4 Å². The highest BCUT2D eigenvalue weighted by molar-refractivity contribution is 7.90. The Bertz CT molecular complexity index is 3110. The predicted molar refractivity (Wildman–Crippen MR) is 254 cm³/mol. The second-order valence-corrected chi connectivity index (χ2v) is 27.2. The van der Waals surface area contributed by atoms with Crippen LogP contribution < -0.4 is 0 Å². The van der Waals surface area contributed by atoms with Crippen LogP contribution >= 0.6 is 46.4 Å². The maximum Gasteiger partial charge on any atom is 0.425 e. The van der Waals surface area contributed by atoms with Crippen LogP contribution in [0.3, 0.4) is 0 Å². The predicted octanol–water partition coefficient (Wildman–Crippen LogP) is 13.1. The Labute approximate surface area is 406 Å². The zero-order chi connectivity index (χ0) is 49.2. The molecule has 3 unspecified atom stereocenters. The van der Waals surface area contributed by atoms with Gasteiger partial charge < -0.3 is 9.16 Å². The standard InChI is InChI=1S/C23H23Cl2F4NO3SSi.C19H14Cl2FNO3S.C4H8O/c1-13-5-7-14(8-6-13)34(31,32)30-19-12-18(25)17(24)11-16(19)15-9-10-20(26)22(21(15)30,23(27,28)29)33-35(2,3)4;1-10-2-4-11(5-3-10)27(25,26)23-17-9-15(21)14(20)8-13(17)12-6-7-16(22)19(24)18(12)23;1-2-4-5-3-1/h5-8,11-12,20H,9-10H2,1-4H3;2-5,8-9,16H,6-7H2,1H3;1-4H2. The Kier molecular flexibility index (Phi) is 14.6. The molecular weight excluding hydrogens is 1020 g/mol. The number of aromatic nitrogens is 2. The second-order valence-electron chi connectivity index (χ2n) is 17.5. The van der Waals surface area contributed by atoms with E-state index >= 15 is 4.39 Å². The van der Waals surface area contributed by atoms with Crippen molar-refractivity contribution < 1.29 is 52.7 Å². The van der Waals surface area contributed by atoms with Gasteiger partial charge >= 0.3 is 6.18 Å². The molecule has 0 bridgehead atoms. The summed E-state index contributed by atoms with van der Waals surface area (Å²) in [6.45, 7) is 10.1. The summed E-state index contributed by atoms with van der Waals surface area (Å²) in [6.07, 6.45) is -7.34. The Morgan fingerprint density at radius 1 is 0.687 bits per heavy atom. The van der Waals surface area contributed by atoms with Gasteiger partial charge in [0.25, 0.3) is 20.0 Å². The number of alkyl halides is 5. The first-order valence-electron chi connectivity index (χ1n) is 21.1. The van der Waals surface area contributed by atoms with Crippen LogP contribution in [0, 0.1) is 13.8 Å². The number of nitrogens with zero attached hydrogens (tertiary/aromatic N) is 2. The van der Waals surface area contributed by atoms with E-state index in [-0.39, 0.29) is 76.8 Å². The Balaban J connectivity index is 0.000000184. The molecule has 4 aromatic carbocycles. The molecule has 3 aliphatic rings. The fourth-order valence-electron chi connectivity index (χ4n) is 8.54. The number of ether oxygens (including phenoxy) is 1. The smallest absolute Gasteiger partial charge is 0.397 e. The molecule has 2 aliphatic carbocycles. The van der Waals surface area contributed by atoms with Crippen molar-refractivity contribution in [2.75, 3.05) is 13.2 Å². The normalized spacial score (nSPS) is 19.9. The topological polar surface area (TPSA) is 114 Å². The van der Waals surface area contributed by atoms with Crippen LogP contribution in [0.15, 0.2) is 82.6 Å². The summed E-state index contributed by atoms with van der Waals surface area (Å²) in [7, 11) is -11.9. The summed E-state index contributed by atoms with van der Waals surface area (Å²) in [5.41, 5.74) is -2.15. The minimum atomic E-state index is -5.26. The maximum atomic E-state index is 15.6. The molecule has 0 spiro atoms. The summed E-state index contributed by atoms with van der Waals surface area (Å²) >= 11 is 24.6. The third kappa shape index (κ3) is 9.58. The minimum Gasteiger partial charge on any atom is -0.397 e. The summed E-state index contributed by atoms with van der Waals surface area (Å²) in [5, 5.41) is 1.04. The lowest BCUT2D eigenvalue weighted by atomic mass is 9.81. The Hall–Kier alpha value is -3.52. The second kappa shape index (κ2) is 19.0. The number of hydrogen-bond donors (Lipinski definition) is 0. The van der Waals surface area contributed by atoms with E-state index < -0.39 is 70.4 Å². The van der Waals surface area contributed by atoms with Gasteiger partial charge in [-0.25, -0.2) is 33.6 Å². The highest BCUT2D eigenvalue weighted by Gasteiger charge is 2.68. The van der Waals surface area contributed by atoms with E-state index in [0.717, 1.165) is 28.3 Å². The van der Waals surface area contributed by atoms with E-state index in [1.54, 1.807) is 19.1 Å². The minimum absolute atomic E-state index is 0.00709. The molecule has 3 atom stereocenters. The van der Waals surface area contributed by atoms with E-state index in [9.17, 15) is 39.2 Å². The van der Waals surface area contributed by atoms with Gasteiger partial charge in [0.1, 0.15) is 11.9 Å². The van der Waals surface area contributed by atoms with Gasteiger partial charge in [-0.3, -0.25) is 4.79 Å². The summed E-state index contributed by atoms with van der Waals surface area (Å²) in [4.78, 5) is 12.3. The van der Waals surface area contributed by atoms with E-state index in [4.69, 9.17) is 55.6 Å². The molecule has 0 amide bonds. The van der Waals surface area contributed by atoms with Gasteiger partial charge in [0, 0.05) is 24.0 Å². The van der Waals surface area contributed by atoms with Crippen molar-refractivity contribution in [2.24, 2.45) is 0 Å². The van der Waals surface area contributed by atoms with Crippen molar-refractivity contribution in [3.05, 3.63) is 127 Å². The van der Waals surface area contributed by atoms with E-state index in [0.29, 0.717) is 14.9 Å². The molecule has 21 heteroatoms. The van der Waals surface area contributed by atoms with E-state index in [1.807, 2.05) is 6.92 Å². The number of fused-ring (bicyclic) bond motifs is 6. The van der Waals surface area contributed by atoms with E-state index in [2.05, 4.69) is 0 Å². The SMILES string of the molecule is C1CCOC1.Cc1ccc(S(=O)(=O)n2c3c(c4cc(Cl)c(Cl)cc42)CCC(F)C3(O[Si](C)(C)C)C(F)(F)F)cc1.Cc1ccc(S(=O)(=O)n2c3c(c4cc(Cl)c(Cl)cc42)CCC(F)C3=O)cc1. The molecule has 1 saturated heterocycles. The van der Waals surface area contributed by atoms with Crippen molar-refractivity contribution in [1.82, 2.24) is 7.94 Å². The monoisotopic (exact) mass is 1060 g/mol. The van der Waals surface area contributed by atoms with Crippen molar-refractivity contribution >= 4 is 102 Å². The zero-order valence-electron chi connectivity index (χ0n) is 36.7. The molecule has 0 radical (unpaired) electrons. The molecule has 0 saturated carbocycles. The summed E-state index contributed by atoms with van der Waals surface area (Å²) in [5.74, 6) is -0.838. The molecule has 9 nitrogen and oxygen atoms in total. The van der Waals surface area contributed by atoms with Gasteiger partial charge in [0.15, 0.2) is 14.5 Å². The van der Waals surface area contributed by atoms with Crippen LogP contribution in [0.4, 0.5) is 22.0 Å². The average molecular weight is 1070 g/mol. The number of carbonyl (C=O) groups excluding carboxylic acids is 1. The number of aryl methyl sites for hydroxylation is 4. The zero-order valence-corrected chi connectivity index (χ0v) is 42.4. The van der Waals surface area contributed by atoms with Crippen molar-refractivity contribution in [1.29, 1.82) is 0 Å². The number of Topliss-reactive ketones (excluding diaryl/α,β-unsaturated/α-hetero) is 1. The van der Waals surface area contributed by atoms with Crippen LogP contribution in [0.5, 0.6) is 0 Å². The number of benzene rings is 4. The molecule has 2 aromatic heterocycles. The van der Waals surface area contributed by atoms with E-state index in [1.165, 1.54) is 93.1 Å². The average Bonchev–Trinajstić information content (AvgIpc) is 4.00. The van der Waals surface area contributed by atoms with Crippen molar-refractivity contribution in [3.63, 3.8) is 0 Å². The summed E-state index contributed by atoms with van der Waals surface area (Å²) < 4.78 is 141. The molecule has 0 N–H and O–H groups in total. The third-order valence-corrected chi connectivity index (χ3v) is 17.4. The number of ketones is 1. The lowest BCUT2D eigenvalue weighted by Gasteiger charge is -2.45. The quantitative estimate of drug-likeness (QED) is 0.121. The number of hydrogen-bond acceptors (Lipinski definition) is 7. The first kappa shape index (κ1) is 51.3. The molecule has 3 heterocycles. The molecule has 360 valence electrons. The number of halogens is 9. The molecule has 1 fully saturated rings. The van der Waals surface area contributed by atoms with Crippen molar-refractivity contribution in [2.45, 2.75) is 106 Å². The van der Waals surface area contributed by atoms with Gasteiger partial charge in [-0.1, -0.05) is 81.8 Å². The van der Waals surface area contributed by atoms with Gasteiger partial charge in [-0.15, -0.1) is 0 Å². The van der Waals surface area contributed by atoms with Crippen LogP contribution in [-0.2, 0) is 47.7 Å². The number of carbonyl (C=O) groups is 1. The molecule has 1 aliphatic heterocycles. The number of rotatable bonds is 6. The maximum absolute atomic E-state index is 15.6. The Morgan fingerprint density at radius 3 is 1.57 bits per heavy atom. The lowest BCUT2D eigenvalue weighted by Crippen LogP contribution is -2.59. The van der Waals surface area contributed by atoms with Gasteiger partial charge in [0.05, 0.1) is 46.6 Å². The summed E-state index contributed by atoms with van der Waals surface area (Å²) in [6, 6.07) is 17.4. The largest absolute Gasteiger partial charge is 0.425 e. The first-order valence-corrected chi connectivity index (χ1v) is 28.9.